The third kappa shape index (κ3) is 5.00. The van der Waals surface area contributed by atoms with Gasteiger partial charge in [-0.05, 0) is 43.7 Å². The van der Waals surface area contributed by atoms with Crippen LogP contribution in [-0.2, 0) is 4.74 Å². The van der Waals surface area contributed by atoms with Crippen molar-refractivity contribution >= 4 is 22.8 Å². The summed E-state index contributed by atoms with van der Waals surface area (Å²) >= 11 is 0. The molecule has 0 radical (unpaired) electrons. The second-order valence-electron chi connectivity index (χ2n) is 5.66. The van der Waals surface area contributed by atoms with Crippen molar-refractivity contribution in [3.05, 3.63) is 66.5 Å². The Morgan fingerprint density at radius 1 is 1.42 bits per heavy atom. The fraction of sp³-hybridized carbons (Fsp3) is 0.250. The molecule has 0 saturated heterocycles. The van der Waals surface area contributed by atoms with Gasteiger partial charge in [0.2, 0.25) is 5.88 Å². The molecular formula is C20H25N5O. The van der Waals surface area contributed by atoms with Gasteiger partial charge in [-0.1, -0.05) is 12.7 Å². The quantitative estimate of drug-likeness (QED) is 0.564. The summed E-state index contributed by atoms with van der Waals surface area (Å²) in [6.07, 6.45) is 8.60. The van der Waals surface area contributed by atoms with Gasteiger partial charge in [-0.15, -0.1) is 0 Å². The summed E-state index contributed by atoms with van der Waals surface area (Å²) in [6, 6.07) is 5.54. The van der Waals surface area contributed by atoms with Crippen LogP contribution in [0.25, 0.3) is 16.6 Å². The van der Waals surface area contributed by atoms with Crippen LogP contribution >= 0.6 is 0 Å². The molecule has 2 rings (SSSR count). The lowest BCUT2D eigenvalue weighted by atomic mass is 10.0. The fourth-order valence-corrected chi connectivity index (χ4v) is 2.41. The molecule has 26 heavy (non-hydrogen) atoms. The van der Waals surface area contributed by atoms with Crippen molar-refractivity contribution in [2.45, 2.75) is 19.9 Å². The van der Waals surface area contributed by atoms with Crippen LogP contribution in [0, 0.1) is 6.92 Å². The van der Waals surface area contributed by atoms with Crippen molar-refractivity contribution in [2.24, 2.45) is 10.7 Å². The van der Waals surface area contributed by atoms with Gasteiger partial charge in [0.1, 0.15) is 6.61 Å². The molecule has 2 aromatic rings. The van der Waals surface area contributed by atoms with Crippen molar-refractivity contribution in [1.29, 1.82) is 0 Å². The molecule has 0 aliphatic heterocycles. The van der Waals surface area contributed by atoms with Crippen molar-refractivity contribution in [3.63, 3.8) is 0 Å². The number of aliphatic imine (C=N–C) groups is 1. The molecule has 2 heterocycles. The molecule has 0 fully saturated rings. The van der Waals surface area contributed by atoms with Crippen LogP contribution < -0.4 is 11.1 Å². The summed E-state index contributed by atoms with van der Waals surface area (Å²) in [5.41, 5.74) is 10.8. The van der Waals surface area contributed by atoms with Crippen molar-refractivity contribution in [3.8, 4) is 0 Å². The maximum Gasteiger partial charge on any atom is 0.208 e. The van der Waals surface area contributed by atoms with Gasteiger partial charge in [-0.3, -0.25) is 9.97 Å². The Morgan fingerprint density at radius 3 is 2.92 bits per heavy atom. The summed E-state index contributed by atoms with van der Waals surface area (Å²) < 4.78 is 5.70. The highest BCUT2D eigenvalue weighted by Gasteiger charge is 2.14. The van der Waals surface area contributed by atoms with Gasteiger partial charge >= 0.3 is 0 Å². The number of aryl methyl sites for hydroxylation is 1. The Morgan fingerprint density at radius 2 is 2.23 bits per heavy atom. The second kappa shape index (κ2) is 9.48. The number of nitrogens with zero attached hydrogens (tertiary/aromatic N) is 3. The van der Waals surface area contributed by atoms with Crippen molar-refractivity contribution in [2.75, 3.05) is 13.7 Å². The molecule has 0 aliphatic carbocycles. The Bertz CT molecular complexity index is 854. The zero-order chi connectivity index (χ0) is 18.9. The van der Waals surface area contributed by atoms with Crippen LogP contribution in [-0.4, -0.2) is 35.9 Å². The second-order valence-corrected chi connectivity index (χ2v) is 5.66. The predicted octanol–water partition coefficient (Wildman–Crippen LogP) is 2.96. The molecule has 2 aromatic heterocycles. The minimum Gasteiger partial charge on any atom is -0.476 e. The minimum absolute atomic E-state index is 0.279. The molecule has 0 bridgehead atoms. The Hall–Kier alpha value is -2.99. The number of allylic oxidation sites excluding steroid dienone is 2. The van der Waals surface area contributed by atoms with Gasteiger partial charge < -0.3 is 15.8 Å². The zero-order valence-corrected chi connectivity index (χ0v) is 15.4. The topological polar surface area (TPSA) is 85.4 Å². The highest BCUT2D eigenvalue weighted by atomic mass is 16.5. The first-order chi connectivity index (χ1) is 12.6. The standard InChI is InChI=1S/C20H25N5O/c1-5-9-23-20(6-2)26-13-17(21)16(12-22-4)15-10-19-18(24-11-15)8-7-14(3)25-19/h5-12,17,22H,1,13,21H2,2-4H3/b16-12-,20-6+,23-9-. The van der Waals surface area contributed by atoms with E-state index in [1.54, 1.807) is 24.6 Å². The van der Waals surface area contributed by atoms with Crippen LogP contribution in [0.1, 0.15) is 18.2 Å². The summed E-state index contributed by atoms with van der Waals surface area (Å²) in [4.78, 5) is 13.2. The van der Waals surface area contributed by atoms with E-state index in [0.717, 1.165) is 27.9 Å². The average Bonchev–Trinajstić information content (AvgIpc) is 2.65. The van der Waals surface area contributed by atoms with E-state index in [1.807, 2.05) is 45.3 Å². The Labute approximate surface area is 154 Å². The highest BCUT2D eigenvalue weighted by molar-refractivity contribution is 5.80. The van der Waals surface area contributed by atoms with E-state index in [2.05, 4.69) is 26.9 Å². The first kappa shape index (κ1) is 19.3. The van der Waals surface area contributed by atoms with Crippen LogP contribution in [0.4, 0.5) is 0 Å². The minimum atomic E-state index is -0.361. The molecule has 0 aromatic carbocycles. The van der Waals surface area contributed by atoms with Crippen LogP contribution in [0.5, 0.6) is 0 Å². The van der Waals surface area contributed by atoms with E-state index in [1.165, 1.54) is 0 Å². The number of pyridine rings is 2. The van der Waals surface area contributed by atoms with E-state index >= 15 is 0 Å². The Kier molecular flexibility index (Phi) is 7.05. The van der Waals surface area contributed by atoms with E-state index in [4.69, 9.17) is 10.5 Å². The number of nitrogens with two attached hydrogens (primary N) is 1. The molecule has 1 unspecified atom stereocenters. The normalized spacial score (nSPS) is 13.8. The van der Waals surface area contributed by atoms with Gasteiger partial charge in [0.05, 0.1) is 17.1 Å². The van der Waals surface area contributed by atoms with Gasteiger partial charge in [0, 0.05) is 36.9 Å². The largest absolute Gasteiger partial charge is 0.476 e. The molecule has 1 atom stereocenters. The van der Waals surface area contributed by atoms with Gasteiger partial charge in [-0.25, -0.2) is 4.99 Å². The number of fused-ring (bicyclic) bond motifs is 1. The smallest absolute Gasteiger partial charge is 0.208 e. The molecule has 136 valence electrons. The predicted molar refractivity (Wildman–Crippen MR) is 108 cm³/mol. The molecule has 0 spiro atoms. The van der Waals surface area contributed by atoms with Crippen molar-refractivity contribution < 1.29 is 4.74 Å². The van der Waals surface area contributed by atoms with Gasteiger partial charge in [0.15, 0.2) is 0 Å². The number of aromatic nitrogens is 2. The third-order valence-corrected chi connectivity index (χ3v) is 3.67. The average molecular weight is 351 g/mol. The lowest BCUT2D eigenvalue weighted by Crippen LogP contribution is -2.28. The molecule has 0 amide bonds. The number of rotatable bonds is 8. The molecule has 6 heteroatoms. The fourth-order valence-electron chi connectivity index (χ4n) is 2.41. The number of hydrogen-bond donors (Lipinski definition) is 2. The molecule has 0 aliphatic rings. The van der Waals surface area contributed by atoms with Crippen molar-refractivity contribution in [1.82, 2.24) is 15.3 Å². The summed E-state index contributed by atoms with van der Waals surface area (Å²) in [5.74, 6) is 0.498. The first-order valence-electron chi connectivity index (χ1n) is 8.40. The first-order valence-corrected chi connectivity index (χ1v) is 8.40. The summed E-state index contributed by atoms with van der Waals surface area (Å²) in [6.45, 7) is 7.69. The van der Waals surface area contributed by atoms with Gasteiger partial charge in [-0.2, -0.15) is 0 Å². The molecule has 3 N–H and O–H groups in total. The van der Waals surface area contributed by atoms with Crippen LogP contribution in [0.3, 0.4) is 0 Å². The molecule has 6 nitrogen and oxygen atoms in total. The highest BCUT2D eigenvalue weighted by Crippen LogP contribution is 2.21. The number of hydrogen-bond acceptors (Lipinski definition) is 6. The van der Waals surface area contributed by atoms with E-state index in [0.29, 0.717) is 5.88 Å². The summed E-state index contributed by atoms with van der Waals surface area (Å²) in [5, 5.41) is 3.04. The lowest BCUT2D eigenvalue weighted by Gasteiger charge is -2.17. The van der Waals surface area contributed by atoms with Crippen LogP contribution in [0.2, 0.25) is 0 Å². The van der Waals surface area contributed by atoms with E-state index in [-0.39, 0.29) is 12.6 Å². The third-order valence-electron chi connectivity index (χ3n) is 3.67. The summed E-state index contributed by atoms with van der Waals surface area (Å²) in [7, 11) is 1.83. The number of ether oxygens (including phenoxy) is 1. The maximum absolute atomic E-state index is 6.36. The zero-order valence-electron chi connectivity index (χ0n) is 15.4. The van der Waals surface area contributed by atoms with E-state index in [9.17, 15) is 0 Å². The van der Waals surface area contributed by atoms with Crippen LogP contribution in [0.15, 0.2) is 60.2 Å². The lowest BCUT2D eigenvalue weighted by molar-refractivity contribution is 0.205. The molecular weight excluding hydrogens is 326 g/mol. The maximum atomic E-state index is 6.36. The Balaban J connectivity index is 2.23. The SMILES string of the molecule is C=C/C=N\C(=C/C)OCC(N)/C(=C\NC)c1cnc2ccc(C)nc2c1. The van der Waals surface area contributed by atoms with Gasteiger partial charge in [0.25, 0.3) is 0 Å². The molecule has 0 saturated carbocycles. The number of nitrogens with one attached hydrogen (secondary N) is 1. The van der Waals surface area contributed by atoms with E-state index < -0.39 is 0 Å². The monoisotopic (exact) mass is 351 g/mol.